The van der Waals surface area contributed by atoms with Crippen LogP contribution in [0.1, 0.15) is 12.5 Å². The summed E-state index contributed by atoms with van der Waals surface area (Å²) in [5.41, 5.74) is 12.2. The Morgan fingerprint density at radius 3 is 2.43 bits per heavy atom. The van der Waals surface area contributed by atoms with Gasteiger partial charge in [-0.3, -0.25) is 4.79 Å². The van der Waals surface area contributed by atoms with Gasteiger partial charge in [0.05, 0.1) is 12.4 Å². The quantitative estimate of drug-likeness (QED) is 0.541. The molecule has 23 heavy (non-hydrogen) atoms. The van der Waals surface area contributed by atoms with Crippen LogP contribution in [0.4, 0.5) is 11.6 Å². The van der Waals surface area contributed by atoms with Crippen LogP contribution in [0.2, 0.25) is 0 Å². The highest BCUT2D eigenvalue weighted by Crippen LogP contribution is 2.21. The molecule has 122 valence electrons. The Morgan fingerprint density at radius 2 is 1.87 bits per heavy atom. The number of hydrogen-bond acceptors (Lipinski definition) is 7. The summed E-state index contributed by atoms with van der Waals surface area (Å²) in [5.74, 6) is 1.23. The molecule has 1 amide bonds. The molecule has 0 saturated heterocycles. The van der Waals surface area contributed by atoms with E-state index in [9.17, 15) is 4.79 Å². The number of carbonyl (C=O) groups excluding carboxylic acids is 1. The van der Waals surface area contributed by atoms with Gasteiger partial charge < -0.3 is 21.5 Å². The first-order valence-corrected chi connectivity index (χ1v) is 7.83. The largest absolute Gasteiger partial charge is 0.497 e. The number of ether oxygens (including phenoxy) is 1. The molecular weight excluding hydrogens is 314 g/mol. The van der Waals surface area contributed by atoms with E-state index in [0.29, 0.717) is 11.7 Å². The predicted octanol–water partition coefficient (Wildman–Crippen LogP) is 1.45. The van der Waals surface area contributed by atoms with Crippen LogP contribution < -0.4 is 21.5 Å². The van der Waals surface area contributed by atoms with Crippen LogP contribution >= 0.6 is 11.8 Å². The summed E-state index contributed by atoms with van der Waals surface area (Å²) < 4.78 is 5.09. The Morgan fingerprint density at radius 1 is 1.26 bits per heavy atom. The summed E-state index contributed by atoms with van der Waals surface area (Å²) >= 11 is 1.21. The highest BCUT2D eigenvalue weighted by Gasteiger charge is 2.16. The van der Waals surface area contributed by atoms with Gasteiger partial charge in [0.15, 0.2) is 5.16 Å². The van der Waals surface area contributed by atoms with Crippen molar-refractivity contribution in [1.29, 1.82) is 0 Å². The molecule has 5 N–H and O–H groups in total. The van der Waals surface area contributed by atoms with E-state index in [4.69, 9.17) is 16.2 Å². The second kappa shape index (κ2) is 7.68. The molecule has 0 bridgehead atoms. The lowest BCUT2D eigenvalue weighted by Crippen LogP contribution is -2.30. The minimum Gasteiger partial charge on any atom is -0.497 e. The minimum atomic E-state index is -0.366. The van der Waals surface area contributed by atoms with E-state index >= 15 is 0 Å². The number of nitrogen functional groups attached to an aromatic ring is 2. The molecule has 1 atom stereocenters. The SMILES string of the molecule is COc1ccc(CNC(=O)[C@H](C)Sc2nc(N)cc(N)n2)cc1. The van der Waals surface area contributed by atoms with Crippen molar-refractivity contribution in [2.24, 2.45) is 0 Å². The van der Waals surface area contributed by atoms with Crippen LogP contribution in [-0.2, 0) is 11.3 Å². The first kappa shape index (κ1) is 16.9. The van der Waals surface area contributed by atoms with E-state index < -0.39 is 0 Å². The summed E-state index contributed by atoms with van der Waals surface area (Å²) in [6.07, 6.45) is 0. The normalized spacial score (nSPS) is 11.7. The molecule has 0 fully saturated rings. The number of methoxy groups -OCH3 is 1. The van der Waals surface area contributed by atoms with Crippen molar-refractivity contribution >= 4 is 29.3 Å². The van der Waals surface area contributed by atoms with Crippen molar-refractivity contribution in [3.8, 4) is 5.75 Å². The topological polar surface area (TPSA) is 116 Å². The Labute approximate surface area is 138 Å². The highest BCUT2D eigenvalue weighted by molar-refractivity contribution is 8.00. The number of rotatable bonds is 6. The monoisotopic (exact) mass is 333 g/mol. The van der Waals surface area contributed by atoms with Crippen LogP contribution in [0, 0.1) is 0 Å². The zero-order valence-corrected chi connectivity index (χ0v) is 13.8. The zero-order valence-electron chi connectivity index (χ0n) is 12.9. The van der Waals surface area contributed by atoms with Gasteiger partial charge >= 0.3 is 0 Å². The van der Waals surface area contributed by atoms with E-state index in [1.807, 2.05) is 24.3 Å². The minimum absolute atomic E-state index is 0.115. The lowest BCUT2D eigenvalue weighted by atomic mass is 10.2. The van der Waals surface area contributed by atoms with Crippen molar-refractivity contribution in [2.45, 2.75) is 23.9 Å². The number of nitrogens with zero attached hydrogens (tertiary/aromatic N) is 2. The van der Waals surface area contributed by atoms with E-state index in [2.05, 4.69) is 15.3 Å². The summed E-state index contributed by atoms with van der Waals surface area (Å²) in [6, 6.07) is 8.97. The lowest BCUT2D eigenvalue weighted by molar-refractivity contribution is -0.120. The fraction of sp³-hybridized carbons (Fsp3) is 0.267. The van der Waals surface area contributed by atoms with Crippen molar-refractivity contribution in [2.75, 3.05) is 18.6 Å². The van der Waals surface area contributed by atoms with Crippen LogP contribution in [0.3, 0.4) is 0 Å². The molecule has 8 heteroatoms. The molecule has 1 heterocycles. The molecule has 1 aromatic carbocycles. The first-order valence-electron chi connectivity index (χ1n) is 6.95. The Bertz CT molecular complexity index is 658. The summed E-state index contributed by atoms with van der Waals surface area (Å²) in [4.78, 5) is 20.2. The van der Waals surface area contributed by atoms with Gasteiger partial charge in [0.1, 0.15) is 17.4 Å². The number of thioether (sulfide) groups is 1. The van der Waals surface area contributed by atoms with Gasteiger partial charge in [-0.05, 0) is 24.6 Å². The smallest absolute Gasteiger partial charge is 0.233 e. The zero-order chi connectivity index (χ0) is 16.8. The molecule has 0 unspecified atom stereocenters. The van der Waals surface area contributed by atoms with Gasteiger partial charge in [-0.1, -0.05) is 23.9 Å². The fourth-order valence-corrected chi connectivity index (χ4v) is 2.63. The summed E-state index contributed by atoms with van der Waals surface area (Å²) in [6.45, 7) is 2.21. The first-order chi connectivity index (χ1) is 11.0. The lowest BCUT2D eigenvalue weighted by Gasteiger charge is -2.12. The van der Waals surface area contributed by atoms with Gasteiger partial charge in [-0.25, -0.2) is 9.97 Å². The Balaban J connectivity index is 1.89. The van der Waals surface area contributed by atoms with Gasteiger partial charge in [0.2, 0.25) is 5.91 Å². The maximum atomic E-state index is 12.1. The number of hydrogen-bond donors (Lipinski definition) is 3. The Hall–Kier alpha value is -2.48. The standard InChI is InChI=1S/C15H19N5O2S/c1-9(23-15-19-12(16)7-13(17)20-15)14(21)18-8-10-3-5-11(22-2)6-4-10/h3-7,9H,8H2,1-2H3,(H,18,21)(H4,16,17,19,20)/t9-/m0/s1. The van der Waals surface area contributed by atoms with E-state index in [1.165, 1.54) is 17.8 Å². The molecule has 0 aliphatic rings. The summed E-state index contributed by atoms with van der Waals surface area (Å²) in [5, 5.41) is 2.88. The van der Waals surface area contributed by atoms with E-state index in [0.717, 1.165) is 11.3 Å². The number of nitrogens with one attached hydrogen (secondary N) is 1. The second-order valence-electron chi connectivity index (χ2n) is 4.83. The number of carbonyl (C=O) groups is 1. The molecule has 0 spiro atoms. The van der Waals surface area contributed by atoms with Crippen molar-refractivity contribution in [3.05, 3.63) is 35.9 Å². The molecule has 2 rings (SSSR count). The van der Waals surface area contributed by atoms with E-state index in [-0.39, 0.29) is 22.8 Å². The van der Waals surface area contributed by atoms with Gasteiger partial charge in [-0.2, -0.15) is 0 Å². The third-order valence-electron chi connectivity index (χ3n) is 3.02. The molecule has 0 aliphatic carbocycles. The molecule has 2 aromatic rings. The van der Waals surface area contributed by atoms with Crippen molar-refractivity contribution in [1.82, 2.24) is 15.3 Å². The average Bonchev–Trinajstić information content (AvgIpc) is 2.52. The van der Waals surface area contributed by atoms with Gasteiger partial charge in [-0.15, -0.1) is 0 Å². The third-order valence-corrected chi connectivity index (χ3v) is 3.98. The molecule has 7 nitrogen and oxygen atoms in total. The summed E-state index contributed by atoms with van der Waals surface area (Å²) in [7, 11) is 1.61. The highest BCUT2D eigenvalue weighted by atomic mass is 32.2. The van der Waals surface area contributed by atoms with Crippen molar-refractivity contribution in [3.63, 3.8) is 0 Å². The van der Waals surface area contributed by atoms with Crippen molar-refractivity contribution < 1.29 is 9.53 Å². The van der Waals surface area contributed by atoms with Crippen LogP contribution in [0.5, 0.6) is 5.75 Å². The molecule has 0 radical (unpaired) electrons. The number of aromatic nitrogens is 2. The fourth-order valence-electron chi connectivity index (χ4n) is 1.80. The number of benzene rings is 1. The van der Waals surface area contributed by atoms with E-state index in [1.54, 1.807) is 14.0 Å². The third kappa shape index (κ3) is 5.03. The van der Waals surface area contributed by atoms with Crippen LogP contribution in [-0.4, -0.2) is 28.2 Å². The maximum Gasteiger partial charge on any atom is 0.233 e. The van der Waals surface area contributed by atoms with Gasteiger partial charge in [0, 0.05) is 12.6 Å². The molecular formula is C15H19N5O2S. The number of nitrogens with two attached hydrogens (primary N) is 2. The maximum absolute atomic E-state index is 12.1. The Kier molecular flexibility index (Phi) is 5.64. The van der Waals surface area contributed by atoms with Crippen LogP contribution in [0.25, 0.3) is 0 Å². The number of amides is 1. The molecule has 0 saturated carbocycles. The second-order valence-corrected chi connectivity index (χ2v) is 6.13. The van der Waals surface area contributed by atoms with Gasteiger partial charge in [0.25, 0.3) is 0 Å². The number of anilines is 2. The predicted molar refractivity (Wildman–Crippen MR) is 91.0 cm³/mol. The average molecular weight is 333 g/mol. The molecule has 0 aliphatic heterocycles. The van der Waals surface area contributed by atoms with Crippen LogP contribution in [0.15, 0.2) is 35.5 Å². The molecule has 1 aromatic heterocycles.